The van der Waals surface area contributed by atoms with Crippen LogP contribution in [0, 0.1) is 17.3 Å². The lowest BCUT2D eigenvalue weighted by Gasteiger charge is -1.99. The second kappa shape index (κ2) is 4.04. The maximum Gasteiger partial charge on any atom is 0.309 e. The summed E-state index contributed by atoms with van der Waals surface area (Å²) in [7, 11) is 1.40. The maximum absolute atomic E-state index is 11.4. The molecule has 0 aromatic carbocycles. The summed E-state index contributed by atoms with van der Waals surface area (Å²) >= 11 is 0. The van der Waals surface area contributed by atoms with Gasteiger partial charge in [0, 0.05) is 0 Å². The topological polar surface area (TPSA) is 58.9 Å². The van der Waals surface area contributed by atoms with Crippen molar-refractivity contribution in [3.05, 3.63) is 11.6 Å². The molecule has 1 rings (SSSR count). The van der Waals surface area contributed by atoms with Gasteiger partial charge in [-0.3, -0.25) is 4.79 Å². The number of hydrogen-bond donors (Lipinski definition) is 1. The third kappa shape index (κ3) is 2.19. The molecule has 4 heteroatoms. The molecule has 2 unspecified atom stereocenters. The molecule has 1 N–H and O–H groups in total. The van der Waals surface area contributed by atoms with E-state index in [1.54, 1.807) is 0 Å². The van der Waals surface area contributed by atoms with Gasteiger partial charge in [0.1, 0.15) is 0 Å². The van der Waals surface area contributed by atoms with Gasteiger partial charge in [0.15, 0.2) is 0 Å². The van der Waals surface area contributed by atoms with Gasteiger partial charge in [0.05, 0.1) is 19.2 Å². The Kier molecular flexibility index (Phi) is 3.17. The van der Waals surface area contributed by atoms with E-state index in [2.05, 4.69) is 5.16 Å². The van der Waals surface area contributed by atoms with Gasteiger partial charge in [0.2, 0.25) is 0 Å². The third-order valence-electron chi connectivity index (χ3n) is 3.07. The summed E-state index contributed by atoms with van der Waals surface area (Å²) < 4.78 is 4.73. The van der Waals surface area contributed by atoms with Gasteiger partial charge in [-0.1, -0.05) is 25.1 Å². The van der Waals surface area contributed by atoms with Crippen molar-refractivity contribution in [2.75, 3.05) is 7.11 Å². The van der Waals surface area contributed by atoms with Crippen LogP contribution >= 0.6 is 0 Å². The van der Waals surface area contributed by atoms with Crippen LogP contribution in [-0.4, -0.2) is 24.5 Å². The summed E-state index contributed by atoms with van der Waals surface area (Å²) in [6.07, 6.45) is 3.31. The molecular formula is C11H17NO3. The molecule has 4 nitrogen and oxygen atoms in total. The maximum atomic E-state index is 11.4. The number of allylic oxidation sites excluding steroid dienone is 2. The smallest absolute Gasteiger partial charge is 0.309 e. The van der Waals surface area contributed by atoms with Crippen molar-refractivity contribution in [2.24, 2.45) is 22.4 Å². The predicted octanol–water partition coefficient (Wildman–Crippen LogP) is 1.84. The number of hydrogen-bond acceptors (Lipinski definition) is 4. The van der Waals surface area contributed by atoms with E-state index in [0.29, 0.717) is 0 Å². The first-order valence-corrected chi connectivity index (χ1v) is 4.88. The van der Waals surface area contributed by atoms with Crippen LogP contribution in [-0.2, 0) is 9.53 Å². The Morgan fingerprint density at radius 1 is 1.53 bits per heavy atom. The molecule has 84 valence electrons. The zero-order valence-electron chi connectivity index (χ0n) is 9.52. The lowest BCUT2D eigenvalue weighted by Crippen LogP contribution is -2.07. The van der Waals surface area contributed by atoms with E-state index < -0.39 is 0 Å². The SMILES string of the molecule is COC(=O)C1C(/C=C(C)/C=N/O)C1(C)C. The molecule has 0 radical (unpaired) electrons. The molecule has 2 atom stereocenters. The number of rotatable bonds is 3. The summed E-state index contributed by atoms with van der Waals surface area (Å²) in [6.45, 7) is 5.89. The first-order valence-electron chi connectivity index (χ1n) is 4.88. The number of carbonyl (C=O) groups is 1. The monoisotopic (exact) mass is 211 g/mol. The molecule has 0 aromatic heterocycles. The van der Waals surface area contributed by atoms with Crippen molar-refractivity contribution in [3.63, 3.8) is 0 Å². The van der Waals surface area contributed by atoms with E-state index >= 15 is 0 Å². The van der Waals surface area contributed by atoms with E-state index in [9.17, 15) is 4.79 Å². The fraction of sp³-hybridized carbons (Fsp3) is 0.636. The van der Waals surface area contributed by atoms with E-state index in [1.165, 1.54) is 13.3 Å². The number of methoxy groups -OCH3 is 1. The van der Waals surface area contributed by atoms with Crippen LogP contribution in [0.15, 0.2) is 16.8 Å². The molecule has 1 aliphatic rings. The van der Waals surface area contributed by atoms with Crippen LogP contribution in [0.5, 0.6) is 0 Å². The van der Waals surface area contributed by atoms with Crippen LogP contribution < -0.4 is 0 Å². The van der Waals surface area contributed by atoms with Gasteiger partial charge in [-0.25, -0.2) is 0 Å². The van der Waals surface area contributed by atoms with Crippen LogP contribution in [0.1, 0.15) is 20.8 Å². The number of esters is 1. The summed E-state index contributed by atoms with van der Waals surface area (Å²) in [5.41, 5.74) is 0.791. The van der Waals surface area contributed by atoms with E-state index in [0.717, 1.165) is 5.57 Å². The van der Waals surface area contributed by atoms with Gasteiger partial charge >= 0.3 is 5.97 Å². The lowest BCUT2D eigenvalue weighted by molar-refractivity contribution is -0.143. The molecule has 0 aromatic rings. The highest BCUT2D eigenvalue weighted by atomic mass is 16.5. The summed E-state index contributed by atoms with van der Waals surface area (Å²) in [5.74, 6) is -0.0810. The van der Waals surface area contributed by atoms with Gasteiger partial charge in [-0.15, -0.1) is 0 Å². The molecule has 0 amide bonds. The molecule has 0 spiro atoms. The summed E-state index contributed by atoms with van der Waals surface area (Å²) in [5, 5.41) is 11.3. The van der Waals surface area contributed by atoms with Gasteiger partial charge in [-0.2, -0.15) is 0 Å². The molecule has 1 aliphatic carbocycles. The van der Waals surface area contributed by atoms with Gasteiger partial charge < -0.3 is 9.94 Å². The minimum Gasteiger partial charge on any atom is -0.469 e. The second-order valence-electron chi connectivity index (χ2n) is 4.50. The van der Waals surface area contributed by atoms with E-state index in [1.807, 2.05) is 26.8 Å². The molecule has 0 heterocycles. The highest BCUT2D eigenvalue weighted by Gasteiger charge is 2.61. The molecule has 0 saturated heterocycles. The van der Waals surface area contributed by atoms with Gasteiger partial charge in [-0.05, 0) is 23.8 Å². The van der Waals surface area contributed by atoms with Crippen LogP contribution in [0.4, 0.5) is 0 Å². The average molecular weight is 211 g/mol. The minimum atomic E-state index is -0.171. The lowest BCUT2D eigenvalue weighted by atomic mass is 10.1. The average Bonchev–Trinajstić information content (AvgIpc) is 2.67. The number of nitrogens with zero attached hydrogens (tertiary/aromatic N) is 1. The molecule has 15 heavy (non-hydrogen) atoms. The molecule has 0 aliphatic heterocycles. The Hall–Kier alpha value is -1.32. The number of carbonyl (C=O) groups excluding carboxylic acids is 1. The Bertz CT molecular complexity index is 318. The highest BCUT2D eigenvalue weighted by Crippen LogP contribution is 2.59. The fourth-order valence-corrected chi connectivity index (χ4v) is 1.98. The largest absolute Gasteiger partial charge is 0.469 e. The van der Waals surface area contributed by atoms with Crippen molar-refractivity contribution in [1.82, 2.24) is 0 Å². The fourth-order valence-electron chi connectivity index (χ4n) is 1.98. The highest BCUT2D eigenvalue weighted by molar-refractivity contribution is 5.80. The van der Waals surface area contributed by atoms with Crippen molar-refractivity contribution in [1.29, 1.82) is 0 Å². The quantitative estimate of drug-likeness (QED) is 0.335. The van der Waals surface area contributed by atoms with Gasteiger partial charge in [0.25, 0.3) is 0 Å². The van der Waals surface area contributed by atoms with Crippen molar-refractivity contribution >= 4 is 12.2 Å². The number of ether oxygens (including phenoxy) is 1. The predicted molar refractivity (Wildman–Crippen MR) is 56.8 cm³/mol. The zero-order valence-corrected chi connectivity index (χ0v) is 9.52. The number of oxime groups is 1. The van der Waals surface area contributed by atoms with Crippen molar-refractivity contribution < 1.29 is 14.7 Å². The zero-order chi connectivity index (χ0) is 11.6. The summed E-state index contributed by atoms with van der Waals surface area (Å²) in [4.78, 5) is 11.4. The first-order chi connectivity index (χ1) is 6.95. The summed E-state index contributed by atoms with van der Waals surface area (Å²) in [6, 6.07) is 0. The molecular weight excluding hydrogens is 194 g/mol. The van der Waals surface area contributed by atoms with Crippen LogP contribution in [0.3, 0.4) is 0 Å². The standard InChI is InChI=1S/C11H17NO3/c1-7(6-12-14)5-8-9(10(13)15-4)11(8,2)3/h5-6,8-9,14H,1-4H3/b7-5+,12-6+. The first kappa shape index (κ1) is 11.8. The van der Waals surface area contributed by atoms with E-state index in [4.69, 9.17) is 9.94 Å². The Morgan fingerprint density at radius 3 is 2.60 bits per heavy atom. The van der Waals surface area contributed by atoms with Crippen molar-refractivity contribution in [2.45, 2.75) is 20.8 Å². The molecule has 1 saturated carbocycles. The Balaban J connectivity index is 2.75. The Morgan fingerprint density at radius 2 is 2.13 bits per heavy atom. The second-order valence-corrected chi connectivity index (χ2v) is 4.50. The Labute approximate surface area is 89.6 Å². The normalized spacial score (nSPS) is 29.2. The van der Waals surface area contributed by atoms with Crippen LogP contribution in [0.2, 0.25) is 0 Å². The molecule has 0 bridgehead atoms. The van der Waals surface area contributed by atoms with Crippen molar-refractivity contribution in [3.8, 4) is 0 Å². The third-order valence-corrected chi connectivity index (χ3v) is 3.07. The van der Waals surface area contributed by atoms with E-state index in [-0.39, 0.29) is 23.2 Å². The van der Waals surface area contributed by atoms with Crippen LogP contribution in [0.25, 0.3) is 0 Å². The molecule has 1 fully saturated rings. The minimum absolute atomic E-state index is 0.0579.